The maximum absolute atomic E-state index is 4.37. The van der Waals surface area contributed by atoms with Crippen molar-refractivity contribution in [1.29, 1.82) is 0 Å². The maximum atomic E-state index is 4.37. The molecular formula is C17H24N4. The minimum absolute atomic E-state index is 0.742. The van der Waals surface area contributed by atoms with Gasteiger partial charge in [0.05, 0.1) is 0 Å². The summed E-state index contributed by atoms with van der Waals surface area (Å²) in [5.74, 6) is 0.988. The van der Waals surface area contributed by atoms with E-state index in [1.54, 1.807) is 0 Å². The summed E-state index contributed by atoms with van der Waals surface area (Å²) in [7, 11) is 0. The highest BCUT2D eigenvalue weighted by Gasteiger charge is 2.24. The molecule has 2 aliphatic rings. The van der Waals surface area contributed by atoms with E-state index in [1.807, 2.05) is 12.3 Å². The van der Waals surface area contributed by atoms with Gasteiger partial charge in [-0.3, -0.25) is 4.90 Å². The van der Waals surface area contributed by atoms with Crippen molar-refractivity contribution in [3.63, 3.8) is 0 Å². The number of rotatable bonds is 5. The van der Waals surface area contributed by atoms with Gasteiger partial charge in [-0.2, -0.15) is 0 Å². The van der Waals surface area contributed by atoms with Crippen molar-refractivity contribution in [2.24, 2.45) is 5.92 Å². The molecule has 2 fully saturated rings. The van der Waals surface area contributed by atoms with Crippen LogP contribution in [0.15, 0.2) is 24.5 Å². The van der Waals surface area contributed by atoms with Crippen molar-refractivity contribution in [1.82, 2.24) is 20.2 Å². The molecule has 1 saturated heterocycles. The predicted octanol–water partition coefficient (Wildman–Crippen LogP) is 2.53. The van der Waals surface area contributed by atoms with Crippen molar-refractivity contribution >= 4 is 11.0 Å². The van der Waals surface area contributed by atoms with Gasteiger partial charge in [0.25, 0.3) is 0 Å². The second-order valence-electron chi connectivity index (χ2n) is 6.62. The molecule has 0 unspecified atom stereocenters. The predicted molar refractivity (Wildman–Crippen MR) is 85.1 cm³/mol. The lowest BCUT2D eigenvalue weighted by molar-refractivity contribution is 0.190. The van der Waals surface area contributed by atoms with Crippen molar-refractivity contribution < 1.29 is 0 Å². The first-order valence-electron chi connectivity index (χ1n) is 8.25. The van der Waals surface area contributed by atoms with Crippen LogP contribution in [-0.4, -0.2) is 40.5 Å². The molecule has 0 bridgehead atoms. The maximum Gasteiger partial charge on any atom is 0.137 e. The third-order valence-electron chi connectivity index (χ3n) is 4.91. The molecule has 112 valence electrons. The lowest BCUT2D eigenvalue weighted by Gasteiger charge is -2.32. The Kier molecular flexibility index (Phi) is 3.65. The smallest absolute Gasteiger partial charge is 0.137 e. The number of aromatic nitrogens is 2. The zero-order valence-corrected chi connectivity index (χ0v) is 12.5. The summed E-state index contributed by atoms with van der Waals surface area (Å²) in [6.07, 6.45) is 9.43. The van der Waals surface area contributed by atoms with Crippen molar-refractivity contribution in [3.8, 4) is 0 Å². The van der Waals surface area contributed by atoms with Gasteiger partial charge in [0.1, 0.15) is 5.65 Å². The Morgan fingerprint density at radius 3 is 2.90 bits per heavy atom. The quantitative estimate of drug-likeness (QED) is 0.887. The number of hydrogen-bond acceptors (Lipinski definition) is 3. The van der Waals surface area contributed by atoms with E-state index in [0.717, 1.165) is 24.2 Å². The largest absolute Gasteiger partial charge is 0.346 e. The molecule has 0 radical (unpaired) electrons. The van der Waals surface area contributed by atoms with E-state index in [1.165, 1.54) is 56.3 Å². The minimum Gasteiger partial charge on any atom is -0.346 e. The highest BCUT2D eigenvalue weighted by atomic mass is 15.1. The lowest BCUT2D eigenvalue weighted by atomic mass is 10.0. The fourth-order valence-corrected chi connectivity index (χ4v) is 3.33. The number of nitrogens with zero attached hydrogens (tertiary/aromatic N) is 2. The highest BCUT2D eigenvalue weighted by Crippen LogP contribution is 2.28. The number of hydrogen-bond donors (Lipinski definition) is 2. The van der Waals surface area contributed by atoms with Crippen LogP contribution in [0.1, 0.15) is 31.2 Å². The molecule has 21 heavy (non-hydrogen) atoms. The van der Waals surface area contributed by atoms with Gasteiger partial charge >= 0.3 is 0 Å². The van der Waals surface area contributed by atoms with E-state index in [4.69, 9.17) is 0 Å². The van der Waals surface area contributed by atoms with Crippen LogP contribution in [0.2, 0.25) is 0 Å². The molecule has 2 aromatic rings. The Labute approximate surface area is 125 Å². The number of H-pyrrole nitrogens is 1. The van der Waals surface area contributed by atoms with Crippen LogP contribution in [-0.2, 0) is 6.54 Å². The topological polar surface area (TPSA) is 44.0 Å². The van der Waals surface area contributed by atoms with Gasteiger partial charge in [-0.1, -0.05) is 0 Å². The second kappa shape index (κ2) is 5.78. The Balaban J connectivity index is 1.31. The number of likely N-dealkylation sites (tertiary alicyclic amines) is 1. The van der Waals surface area contributed by atoms with Crippen LogP contribution in [0.3, 0.4) is 0 Å². The fraction of sp³-hybridized carbons (Fsp3) is 0.588. The summed E-state index contributed by atoms with van der Waals surface area (Å²) in [5, 5.41) is 5.02. The summed E-state index contributed by atoms with van der Waals surface area (Å²) in [4.78, 5) is 10.2. The first-order chi connectivity index (χ1) is 10.4. The van der Waals surface area contributed by atoms with Gasteiger partial charge in [0.2, 0.25) is 0 Å². The van der Waals surface area contributed by atoms with Crippen LogP contribution in [0.5, 0.6) is 0 Å². The number of aromatic amines is 1. The molecule has 2 N–H and O–H groups in total. The van der Waals surface area contributed by atoms with Gasteiger partial charge < -0.3 is 10.3 Å². The van der Waals surface area contributed by atoms with Crippen molar-refractivity contribution in [3.05, 3.63) is 30.1 Å². The lowest BCUT2D eigenvalue weighted by Crippen LogP contribution is -2.42. The van der Waals surface area contributed by atoms with Gasteiger partial charge in [-0.25, -0.2) is 4.98 Å². The molecular weight excluding hydrogens is 260 g/mol. The molecule has 4 rings (SSSR count). The Bertz CT molecular complexity index is 594. The Morgan fingerprint density at radius 1 is 1.24 bits per heavy atom. The molecule has 0 aromatic carbocycles. The first-order valence-corrected chi connectivity index (χ1v) is 8.25. The zero-order valence-electron chi connectivity index (χ0n) is 12.5. The molecule has 3 heterocycles. The number of piperidine rings is 1. The van der Waals surface area contributed by atoms with E-state index >= 15 is 0 Å². The molecule has 2 aromatic heterocycles. The molecule has 4 heteroatoms. The van der Waals surface area contributed by atoms with Gasteiger partial charge in [0.15, 0.2) is 0 Å². The normalized spacial score (nSPS) is 21.1. The zero-order chi connectivity index (χ0) is 14.1. The van der Waals surface area contributed by atoms with Crippen LogP contribution >= 0.6 is 0 Å². The monoisotopic (exact) mass is 284 g/mol. The number of pyridine rings is 1. The molecule has 0 atom stereocenters. The molecule has 4 nitrogen and oxygen atoms in total. The fourth-order valence-electron chi connectivity index (χ4n) is 3.33. The van der Waals surface area contributed by atoms with Gasteiger partial charge in [0, 0.05) is 30.4 Å². The van der Waals surface area contributed by atoms with Crippen molar-refractivity contribution in [2.45, 2.75) is 38.3 Å². The van der Waals surface area contributed by atoms with E-state index in [-0.39, 0.29) is 0 Å². The third kappa shape index (κ3) is 3.11. The summed E-state index contributed by atoms with van der Waals surface area (Å²) in [5.41, 5.74) is 2.39. The molecule has 0 amide bonds. The molecule has 1 aliphatic carbocycles. The molecule has 1 saturated carbocycles. The Hall–Kier alpha value is -1.39. The number of fused-ring (bicyclic) bond motifs is 1. The Morgan fingerprint density at radius 2 is 2.10 bits per heavy atom. The average Bonchev–Trinajstić information content (AvgIpc) is 3.28. The first kappa shape index (κ1) is 13.3. The van der Waals surface area contributed by atoms with E-state index in [9.17, 15) is 0 Å². The van der Waals surface area contributed by atoms with Crippen molar-refractivity contribution in [2.75, 3.05) is 19.6 Å². The molecule has 0 spiro atoms. The van der Waals surface area contributed by atoms with Crippen LogP contribution in [0.4, 0.5) is 0 Å². The SMILES string of the molecule is c1cnc2[nH]cc(CN3CCC(NCC4CC4)CC3)c2c1. The van der Waals surface area contributed by atoms with Crippen LogP contribution in [0, 0.1) is 5.92 Å². The van der Waals surface area contributed by atoms with Crippen LogP contribution in [0.25, 0.3) is 11.0 Å². The summed E-state index contributed by atoms with van der Waals surface area (Å²) in [6, 6.07) is 4.93. The highest BCUT2D eigenvalue weighted by molar-refractivity contribution is 5.79. The second-order valence-corrected chi connectivity index (χ2v) is 6.62. The summed E-state index contributed by atoms with van der Waals surface area (Å²) >= 11 is 0. The summed E-state index contributed by atoms with van der Waals surface area (Å²) in [6.45, 7) is 4.70. The van der Waals surface area contributed by atoms with Gasteiger partial charge in [-0.15, -0.1) is 0 Å². The summed E-state index contributed by atoms with van der Waals surface area (Å²) < 4.78 is 0. The van der Waals surface area contributed by atoms with E-state index < -0.39 is 0 Å². The minimum atomic E-state index is 0.742. The average molecular weight is 284 g/mol. The van der Waals surface area contributed by atoms with Crippen LogP contribution < -0.4 is 5.32 Å². The van der Waals surface area contributed by atoms with Gasteiger partial charge in [-0.05, 0) is 68.9 Å². The standard InChI is InChI=1S/C17H24N4/c1-2-16-14(11-20-17(16)18-7-1)12-21-8-5-15(6-9-21)19-10-13-3-4-13/h1-2,7,11,13,15,19H,3-6,8-10,12H2,(H,18,20). The number of nitrogens with one attached hydrogen (secondary N) is 2. The molecule has 1 aliphatic heterocycles. The van der Waals surface area contributed by atoms with E-state index in [2.05, 4.69) is 32.4 Å². The third-order valence-corrected chi connectivity index (χ3v) is 4.91. The van der Waals surface area contributed by atoms with E-state index in [0.29, 0.717) is 0 Å².